The van der Waals surface area contributed by atoms with Crippen LogP contribution < -0.4 is 0 Å². The number of hydrogen-bond acceptors (Lipinski definition) is 0. The number of benzene rings is 1. The molecule has 0 saturated carbocycles. The molecule has 0 aliphatic carbocycles. The molecule has 0 aromatic heterocycles. The maximum atomic E-state index is 2.38. The van der Waals surface area contributed by atoms with E-state index in [0.717, 1.165) is 0 Å². The highest BCUT2D eigenvalue weighted by Gasteiger charge is 2.20. The van der Waals surface area contributed by atoms with Crippen LogP contribution in [0.1, 0.15) is 64.2 Å². The van der Waals surface area contributed by atoms with Crippen LogP contribution in [-0.2, 0) is 10.6 Å². The van der Waals surface area contributed by atoms with E-state index in [2.05, 4.69) is 75.4 Å². The van der Waals surface area contributed by atoms with Crippen LogP contribution in [-0.4, -0.2) is 15.7 Å². The van der Waals surface area contributed by atoms with Crippen molar-refractivity contribution >= 4 is 15.7 Å². The second-order valence-corrected chi connectivity index (χ2v) is 7.50. The monoisotopic (exact) mass is 228 g/mol. The Balaban J connectivity index is 3.40. The Morgan fingerprint density at radius 1 is 0.824 bits per heavy atom. The summed E-state index contributed by atoms with van der Waals surface area (Å²) in [6.45, 7) is 13.7. The van der Waals surface area contributed by atoms with Gasteiger partial charge in [-0.25, -0.2) is 0 Å². The van der Waals surface area contributed by atoms with Gasteiger partial charge >= 0.3 is 0 Å². The molecule has 0 fully saturated rings. The fraction of sp³-hybridized carbons (Fsp3) is 0.600. The van der Waals surface area contributed by atoms with Crippen molar-refractivity contribution in [3.05, 3.63) is 34.9 Å². The van der Waals surface area contributed by atoms with Crippen molar-refractivity contribution in [2.24, 2.45) is 0 Å². The first kappa shape index (κ1) is 14.4. The van der Waals surface area contributed by atoms with E-state index in [-0.39, 0.29) is 10.6 Å². The number of rotatable bonds is 3. The summed E-state index contributed by atoms with van der Waals surface area (Å²) in [5.41, 5.74) is 4.37. The number of hydrogen-bond donors (Lipinski definition) is 0. The minimum absolute atomic E-state index is 0.227. The Morgan fingerprint density at radius 3 is 1.41 bits per heavy atom. The van der Waals surface area contributed by atoms with Crippen molar-refractivity contribution in [3.8, 4) is 0 Å². The summed E-state index contributed by atoms with van der Waals surface area (Å²) >= 11 is 0. The van der Waals surface area contributed by atoms with Gasteiger partial charge in [0.1, 0.15) is 15.7 Å². The summed E-state index contributed by atoms with van der Waals surface area (Å²) in [7, 11) is 4.58. The summed E-state index contributed by atoms with van der Waals surface area (Å²) in [5, 5.41) is 0.454. The van der Waals surface area contributed by atoms with E-state index < -0.39 is 0 Å². The van der Waals surface area contributed by atoms with Gasteiger partial charge in [-0.1, -0.05) is 59.7 Å². The lowest BCUT2D eigenvalue weighted by atomic mass is 9.63. The molecule has 0 unspecified atom stereocenters. The van der Waals surface area contributed by atoms with Gasteiger partial charge < -0.3 is 0 Å². The third-order valence-electron chi connectivity index (χ3n) is 3.35. The van der Waals surface area contributed by atoms with E-state index in [1.807, 2.05) is 0 Å². The van der Waals surface area contributed by atoms with Crippen LogP contribution in [0, 0.1) is 0 Å². The van der Waals surface area contributed by atoms with Crippen molar-refractivity contribution in [1.82, 2.24) is 0 Å². The predicted octanol–water partition coefficient (Wildman–Crippen LogP) is 2.55. The van der Waals surface area contributed by atoms with Gasteiger partial charge in [0.05, 0.1) is 0 Å². The molecule has 0 saturated heterocycles. The van der Waals surface area contributed by atoms with Crippen molar-refractivity contribution in [3.63, 3.8) is 0 Å². The van der Waals surface area contributed by atoms with Gasteiger partial charge in [0.15, 0.2) is 0 Å². The molecule has 1 rings (SSSR count). The molecular formula is C15H26B2. The smallest absolute Gasteiger partial charge is 0.0632 e. The fourth-order valence-corrected chi connectivity index (χ4v) is 1.85. The van der Waals surface area contributed by atoms with E-state index in [1.54, 1.807) is 0 Å². The molecule has 1 aromatic rings. The Hall–Kier alpha value is -0.650. The summed E-state index contributed by atoms with van der Waals surface area (Å²) in [6.07, 6.45) is 0. The summed E-state index contributed by atoms with van der Waals surface area (Å²) < 4.78 is 0. The lowest BCUT2D eigenvalue weighted by molar-refractivity contribution is 0.724. The first-order chi connectivity index (χ1) is 7.51. The zero-order chi connectivity index (χ0) is 13.4. The van der Waals surface area contributed by atoms with Crippen molar-refractivity contribution in [1.29, 1.82) is 0 Å². The van der Waals surface area contributed by atoms with Crippen molar-refractivity contribution in [2.75, 3.05) is 0 Å². The van der Waals surface area contributed by atoms with Gasteiger partial charge in [-0.05, 0) is 33.2 Å². The van der Waals surface area contributed by atoms with Crippen LogP contribution in [0.3, 0.4) is 0 Å². The lowest BCUT2D eigenvalue weighted by Crippen LogP contribution is -2.22. The minimum atomic E-state index is 0.227. The second kappa shape index (κ2) is 4.55. The van der Waals surface area contributed by atoms with Gasteiger partial charge in [-0.2, -0.15) is 0 Å². The molecular weight excluding hydrogens is 202 g/mol. The summed E-state index contributed by atoms with van der Waals surface area (Å²) in [5.74, 6) is 0.596. The van der Waals surface area contributed by atoms with E-state index in [4.69, 9.17) is 0 Å². The molecule has 0 nitrogen and oxygen atoms in total. The fourth-order valence-electron chi connectivity index (χ4n) is 1.85. The minimum Gasteiger partial charge on any atom is -0.0632 e. The van der Waals surface area contributed by atoms with Crippen LogP contribution in [0.5, 0.6) is 0 Å². The molecule has 17 heavy (non-hydrogen) atoms. The first-order valence-electron chi connectivity index (χ1n) is 6.68. The average Bonchev–Trinajstić information content (AvgIpc) is 2.14. The Morgan fingerprint density at radius 2 is 1.18 bits per heavy atom. The van der Waals surface area contributed by atoms with Gasteiger partial charge in [0.2, 0.25) is 0 Å². The van der Waals surface area contributed by atoms with Crippen LogP contribution in [0.25, 0.3) is 0 Å². The zero-order valence-electron chi connectivity index (χ0n) is 12.8. The molecule has 0 radical (unpaired) electrons. The lowest BCUT2D eigenvalue weighted by Gasteiger charge is -2.27. The maximum Gasteiger partial charge on any atom is 0.114 e. The molecule has 0 N–H and O–H groups in total. The molecule has 0 spiro atoms. The zero-order valence-corrected chi connectivity index (χ0v) is 12.8. The summed E-state index contributed by atoms with van der Waals surface area (Å²) in [4.78, 5) is 0. The van der Waals surface area contributed by atoms with Crippen LogP contribution >= 0.6 is 0 Å². The quantitative estimate of drug-likeness (QED) is 0.697. The molecule has 2 heteroatoms. The Bertz CT molecular complexity index is 360. The van der Waals surface area contributed by atoms with Crippen LogP contribution in [0.4, 0.5) is 0 Å². The predicted molar refractivity (Wildman–Crippen MR) is 83.7 cm³/mol. The van der Waals surface area contributed by atoms with E-state index in [0.29, 0.717) is 5.92 Å². The van der Waals surface area contributed by atoms with Crippen molar-refractivity contribution < 1.29 is 0 Å². The largest absolute Gasteiger partial charge is 0.114 e. The Labute approximate surface area is 109 Å². The topological polar surface area (TPSA) is 0 Å². The maximum absolute atomic E-state index is 2.38. The molecule has 0 atom stereocenters. The highest BCUT2D eigenvalue weighted by atomic mass is 14.2. The first-order valence-corrected chi connectivity index (χ1v) is 6.68. The van der Waals surface area contributed by atoms with E-state index in [1.165, 1.54) is 16.7 Å². The molecule has 0 aliphatic heterocycles. The standard InChI is InChI=1S/C15H26B2/c1-10(2)11-7-12(14(3,4)16)9-13(8-11)15(5,6)17/h7-10H,16-17H2,1-6H3. The third kappa shape index (κ3) is 3.66. The third-order valence-corrected chi connectivity index (χ3v) is 3.35. The van der Waals surface area contributed by atoms with Gasteiger partial charge in [-0.15, -0.1) is 0 Å². The Kier molecular flexibility index (Phi) is 3.86. The van der Waals surface area contributed by atoms with Crippen LogP contribution in [0.15, 0.2) is 18.2 Å². The van der Waals surface area contributed by atoms with E-state index >= 15 is 0 Å². The van der Waals surface area contributed by atoms with Gasteiger partial charge in [0.25, 0.3) is 0 Å². The molecule has 0 heterocycles. The molecule has 92 valence electrons. The van der Waals surface area contributed by atoms with Crippen molar-refractivity contribution in [2.45, 2.75) is 58.1 Å². The van der Waals surface area contributed by atoms with Gasteiger partial charge in [-0.3, -0.25) is 0 Å². The van der Waals surface area contributed by atoms with Gasteiger partial charge in [0, 0.05) is 0 Å². The molecule has 0 aliphatic rings. The normalized spacial score (nSPS) is 13.1. The molecule has 1 aromatic carbocycles. The summed E-state index contributed by atoms with van der Waals surface area (Å²) in [6, 6.07) is 7.13. The molecule has 0 amide bonds. The highest BCUT2D eigenvalue weighted by Crippen LogP contribution is 2.30. The molecule has 0 bridgehead atoms. The van der Waals surface area contributed by atoms with E-state index in [9.17, 15) is 0 Å². The SMILES string of the molecule is BC(C)(C)c1cc(C(C)C)cc(C(B)(C)C)c1. The second-order valence-electron chi connectivity index (χ2n) is 7.50. The highest BCUT2D eigenvalue weighted by molar-refractivity contribution is 6.16. The average molecular weight is 228 g/mol. The van der Waals surface area contributed by atoms with Crippen LogP contribution in [0.2, 0.25) is 0 Å².